The zero-order chi connectivity index (χ0) is 13.2. The molecule has 6 heteroatoms. The standard InChI is InChI=1S/C13H9N3OS2/c1-18-13-8(7-14)11(10-3-2-6-17-10)12(19-13)9-4-5-15-16-9/h2-6H,1H3,(H,15,16). The first-order valence-electron chi connectivity index (χ1n) is 5.49. The topological polar surface area (TPSA) is 65.6 Å². The average molecular weight is 287 g/mol. The van der Waals surface area contributed by atoms with Gasteiger partial charge >= 0.3 is 0 Å². The van der Waals surface area contributed by atoms with E-state index >= 15 is 0 Å². The monoisotopic (exact) mass is 287 g/mol. The van der Waals surface area contributed by atoms with Gasteiger partial charge in [-0.05, 0) is 24.5 Å². The molecule has 4 nitrogen and oxygen atoms in total. The third-order valence-electron chi connectivity index (χ3n) is 2.69. The lowest BCUT2D eigenvalue weighted by Crippen LogP contribution is -1.82. The summed E-state index contributed by atoms with van der Waals surface area (Å²) in [6, 6.07) is 7.86. The van der Waals surface area contributed by atoms with Gasteiger partial charge in [-0.15, -0.1) is 23.1 Å². The van der Waals surface area contributed by atoms with Crippen LogP contribution in [0.15, 0.2) is 39.3 Å². The van der Waals surface area contributed by atoms with Crippen LogP contribution in [0.3, 0.4) is 0 Å². The minimum Gasteiger partial charge on any atom is -0.464 e. The average Bonchev–Trinajstić information content (AvgIpc) is 3.16. The van der Waals surface area contributed by atoms with E-state index in [1.165, 1.54) is 0 Å². The smallest absolute Gasteiger partial charge is 0.136 e. The van der Waals surface area contributed by atoms with E-state index in [9.17, 15) is 5.26 Å². The highest BCUT2D eigenvalue weighted by molar-refractivity contribution is 8.00. The van der Waals surface area contributed by atoms with Crippen molar-refractivity contribution in [3.63, 3.8) is 0 Å². The van der Waals surface area contributed by atoms with Crippen LogP contribution in [0.5, 0.6) is 0 Å². The molecule has 94 valence electrons. The molecule has 3 rings (SSSR count). The van der Waals surface area contributed by atoms with Crippen LogP contribution in [0.4, 0.5) is 0 Å². The lowest BCUT2D eigenvalue weighted by atomic mass is 10.1. The van der Waals surface area contributed by atoms with Crippen molar-refractivity contribution in [3.05, 3.63) is 36.2 Å². The van der Waals surface area contributed by atoms with E-state index in [1.807, 2.05) is 24.5 Å². The van der Waals surface area contributed by atoms with Crippen molar-refractivity contribution in [2.24, 2.45) is 0 Å². The molecular formula is C13H9N3OS2. The lowest BCUT2D eigenvalue weighted by molar-refractivity contribution is 0.582. The molecule has 0 aliphatic heterocycles. The van der Waals surface area contributed by atoms with Gasteiger partial charge in [0.15, 0.2) is 0 Å². The van der Waals surface area contributed by atoms with Crippen molar-refractivity contribution >= 4 is 23.1 Å². The Morgan fingerprint density at radius 2 is 2.37 bits per heavy atom. The number of nitrogens with one attached hydrogen (secondary N) is 1. The molecule has 0 saturated heterocycles. The second-order valence-corrected chi connectivity index (χ2v) is 5.83. The van der Waals surface area contributed by atoms with Crippen LogP contribution in [0.2, 0.25) is 0 Å². The third kappa shape index (κ3) is 1.97. The molecule has 0 amide bonds. The van der Waals surface area contributed by atoms with E-state index in [0.717, 1.165) is 20.3 Å². The summed E-state index contributed by atoms with van der Waals surface area (Å²) in [5, 5.41) is 16.3. The summed E-state index contributed by atoms with van der Waals surface area (Å²) in [7, 11) is 0. The first-order chi connectivity index (χ1) is 9.35. The lowest BCUT2D eigenvalue weighted by Gasteiger charge is -1.98. The predicted octanol–water partition coefficient (Wildman–Crippen LogP) is 3.99. The Balaban J connectivity index is 2.30. The van der Waals surface area contributed by atoms with Gasteiger partial charge in [-0.1, -0.05) is 0 Å². The number of hydrogen-bond acceptors (Lipinski definition) is 5. The Labute approximate surface area is 118 Å². The van der Waals surface area contributed by atoms with E-state index in [4.69, 9.17) is 4.42 Å². The van der Waals surface area contributed by atoms with Crippen LogP contribution < -0.4 is 0 Å². The first kappa shape index (κ1) is 12.1. The van der Waals surface area contributed by atoms with E-state index in [2.05, 4.69) is 16.3 Å². The van der Waals surface area contributed by atoms with E-state index in [-0.39, 0.29) is 0 Å². The van der Waals surface area contributed by atoms with Crippen molar-refractivity contribution < 1.29 is 4.42 Å². The van der Waals surface area contributed by atoms with Crippen molar-refractivity contribution in [2.75, 3.05) is 6.26 Å². The first-order valence-corrected chi connectivity index (χ1v) is 7.53. The highest BCUT2D eigenvalue weighted by atomic mass is 32.2. The maximum Gasteiger partial charge on any atom is 0.136 e. The number of H-pyrrole nitrogens is 1. The summed E-state index contributed by atoms with van der Waals surface area (Å²) >= 11 is 3.15. The largest absolute Gasteiger partial charge is 0.464 e. The van der Waals surface area contributed by atoms with Gasteiger partial charge in [0.1, 0.15) is 11.8 Å². The molecule has 0 aliphatic carbocycles. The van der Waals surface area contributed by atoms with Crippen LogP contribution in [-0.4, -0.2) is 16.5 Å². The number of aromatic nitrogens is 2. The number of hydrogen-bond donors (Lipinski definition) is 1. The van der Waals surface area contributed by atoms with Gasteiger partial charge in [0.25, 0.3) is 0 Å². The Hall–Kier alpha value is -1.97. The minimum absolute atomic E-state index is 0.664. The number of rotatable bonds is 3. The zero-order valence-electron chi connectivity index (χ0n) is 10.0. The van der Waals surface area contributed by atoms with Gasteiger partial charge < -0.3 is 4.42 Å². The highest BCUT2D eigenvalue weighted by Gasteiger charge is 2.22. The summed E-state index contributed by atoms with van der Waals surface area (Å²) in [5.74, 6) is 0.706. The van der Waals surface area contributed by atoms with E-state index in [0.29, 0.717) is 11.3 Å². The molecule has 0 spiro atoms. The number of thioether (sulfide) groups is 1. The minimum atomic E-state index is 0.664. The van der Waals surface area contributed by atoms with Gasteiger partial charge in [0.05, 0.1) is 32.2 Å². The normalized spacial score (nSPS) is 10.5. The second kappa shape index (κ2) is 4.96. The molecule has 0 aromatic carbocycles. The Kier molecular flexibility index (Phi) is 3.15. The Morgan fingerprint density at radius 1 is 1.47 bits per heavy atom. The molecule has 0 saturated carbocycles. The third-order valence-corrected chi connectivity index (χ3v) is 5.03. The number of nitriles is 1. The van der Waals surface area contributed by atoms with Gasteiger partial charge in [-0.2, -0.15) is 10.4 Å². The molecule has 19 heavy (non-hydrogen) atoms. The van der Waals surface area contributed by atoms with Crippen molar-refractivity contribution in [1.82, 2.24) is 10.2 Å². The van der Waals surface area contributed by atoms with E-state index < -0.39 is 0 Å². The predicted molar refractivity (Wildman–Crippen MR) is 76.1 cm³/mol. The van der Waals surface area contributed by atoms with Crippen LogP contribution in [0, 0.1) is 11.3 Å². The van der Waals surface area contributed by atoms with Crippen LogP contribution >= 0.6 is 23.1 Å². The molecular weight excluding hydrogens is 278 g/mol. The number of nitrogens with zero attached hydrogens (tertiary/aromatic N) is 2. The molecule has 0 bridgehead atoms. The molecule has 1 N–H and O–H groups in total. The van der Waals surface area contributed by atoms with Gasteiger partial charge in [0.2, 0.25) is 0 Å². The highest BCUT2D eigenvalue weighted by Crippen LogP contribution is 2.45. The fraction of sp³-hybridized carbons (Fsp3) is 0.0769. The molecule has 0 radical (unpaired) electrons. The van der Waals surface area contributed by atoms with Gasteiger partial charge in [-0.25, -0.2) is 0 Å². The molecule has 0 atom stereocenters. The summed E-state index contributed by atoms with van der Waals surface area (Å²) in [4.78, 5) is 0.980. The fourth-order valence-corrected chi connectivity index (χ4v) is 3.78. The second-order valence-electron chi connectivity index (χ2n) is 3.73. The Morgan fingerprint density at radius 3 is 2.95 bits per heavy atom. The SMILES string of the molecule is CSc1sc(-c2ccn[nH]2)c(-c2ccco2)c1C#N. The molecule has 3 heterocycles. The Bertz CT molecular complexity index is 721. The van der Waals surface area contributed by atoms with Crippen molar-refractivity contribution in [2.45, 2.75) is 4.21 Å². The molecule has 3 aromatic rings. The van der Waals surface area contributed by atoms with Gasteiger partial charge in [-0.3, -0.25) is 5.10 Å². The van der Waals surface area contributed by atoms with Crippen LogP contribution in [0.25, 0.3) is 21.9 Å². The number of aromatic amines is 1. The summed E-state index contributed by atoms with van der Waals surface area (Å²) < 4.78 is 6.46. The summed E-state index contributed by atoms with van der Waals surface area (Å²) in [6.07, 6.45) is 5.28. The molecule has 0 aliphatic rings. The van der Waals surface area contributed by atoms with Crippen molar-refractivity contribution in [3.8, 4) is 28.0 Å². The quantitative estimate of drug-likeness (QED) is 0.740. The maximum atomic E-state index is 9.42. The van der Waals surface area contributed by atoms with Crippen LogP contribution in [0.1, 0.15) is 5.56 Å². The number of furan rings is 1. The fourth-order valence-electron chi connectivity index (χ4n) is 1.88. The molecule has 3 aromatic heterocycles. The maximum absolute atomic E-state index is 9.42. The summed E-state index contributed by atoms with van der Waals surface area (Å²) in [6.45, 7) is 0. The van der Waals surface area contributed by atoms with Crippen LogP contribution in [-0.2, 0) is 0 Å². The number of thiophene rings is 1. The molecule has 0 fully saturated rings. The zero-order valence-corrected chi connectivity index (χ0v) is 11.6. The van der Waals surface area contributed by atoms with Gasteiger partial charge in [0, 0.05) is 6.20 Å². The van der Waals surface area contributed by atoms with E-state index in [1.54, 1.807) is 35.6 Å². The summed E-state index contributed by atoms with van der Waals surface area (Å²) in [5.41, 5.74) is 2.40. The van der Waals surface area contributed by atoms with Crippen molar-refractivity contribution in [1.29, 1.82) is 5.26 Å². The molecule has 0 unspecified atom stereocenters.